The maximum Gasteiger partial charge on any atom is 0.453 e. The van der Waals surface area contributed by atoms with Gasteiger partial charge >= 0.3 is 6.18 Å². The number of ether oxygens (including phenoxy) is 1. The van der Waals surface area contributed by atoms with Crippen LogP contribution in [-0.2, 0) is 11.0 Å². The van der Waals surface area contributed by atoms with Crippen LogP contribution in [-0.4, -0.2) is 48.8 Å². The normalized spacial score (nSPS) is 14.8. The molecule has 1 aliphatic heterocycles. The Hall–Kier alpha value is -4.29. The molecule has 4 heterocycles. The van der Waals surface area contributed by atoms with Gasteiger partial charge in [-0.2, -0.15) is 17.7 Å². The van der Waals surface area contributed by atoms with Gasteiger partial charge in [0.1, 0.15) is 11.6 Å². The van der Waals surface area contributed by atoms with Crippen LogP contribution in [0, 0.1) is 5.92 Å². The molecular weight excluding hydrogens is 465 g/mol. The molecule has 1 aromatic carbocycles. The fourth-order valence-electron chi connectivity index (χ4n) is 3.84. The van der Waals surface area contributed by atoms with Crippen LogP contribution in [0.25, 0.3) is 5.65 Å². The lowest BCUT2D eigenvalue weighted by molar-refractivity contribution is -0.146. The van der Waals surface area contributed by atoms with Crippen molar-refractivity contribution >= 4 is 23.1 Å². The summed E-state index contributed by atoms with van der Waals surface area (Å²) in [6.45, 7) is 0.936. The number of anilines is 2. The van der Waals surface area contributed by atoms with Crippen molar-refractivity contribution < 1.29 is 22.7 Å². The van der Waals surface area contributed by atoms with Gasteiger partial charge < -0.3 is 15.0 Å². The number of hydrogen-bond acceptors (Lipinski definition) is 8. The van der Waals surface area contributed by atoms with Crippen LogP contribution in [0.3, 0.4) is 0 Å². The summed E-state index contributed by atoms with van der Waals surface area (Å²) in [6.07, 6.45) is 0.928. The van der Waals surface area contributed by atoms with Crippen LogP contribution < -0.4 is 15.0 Å². The van der Waals surface area contributed by atoms with E-state index in [1.165, 1.54) is 24.7 Å². The number of benzene rings is 1. The Balaban J connectivity index is 1.21. The van der Waals surface area contributed by atoms with Gasteiger partial charge in [-0.25, -0.2) is 4.98 Å². The van der Waals surface area contributed by atoms with Crippen molar-refractivity contribution in [2.24, 2.45) is 5.92 Å². The molecule has 13 heteroatoms. The van der Waals surface area contributed by atoms with Crippen LogP contribution in [0.5, 0.6) is 11.6 Å². The predicted molar refractivity (Wildman–Crippen MR) is 118 cm³/mol. The molecule has 0 aliphatic carbocycles. The van der Waals surface area contributed by atoms with Crippen molar-refractivity contribution in [2.75, 3.05) is 23.3 Å². The third kappa shape index (κ3) is 4.98. The van der Waals surface area contributed by atoms with Crippen molar-refractivity contribution in [1.29, 1.82) is 0 Å². The fraction of sp³-hybridized carbons (Fsp3) is 0.273. The first-order valence-electron chi connectivity index (χ1n) is 10.8. The summed E-state index contributed by atoms with van der Waals surface area (Å²) in [4.78, 5) is 22.7. The average Bonchev–Trinajstić information content (AvgIpc) is 3.29. The molecule has 180 valence electrons. The van der Waals surface area contributed by atoms with Gasteiger partial charge in [-0.15, -0.1) is 15.3 Å². The minimum Gasteiger partial charge on any atom is -0.437 e. The molecular formula is C22H19F3N8O2. The molecule has 0 radical (unpaired) electrons. The summed E-state index contributed by atoms with van der Waals surface area (Å²) in [5.41, 5.74) is 0.596. The number of aromatic nitrogens is 6. The Labute approximate surface area is 196 Å². The van der Waals surface area contributed by atoms with Crippen LogP contribution in [0.15, 0.2) is 55.0 Å². The molecule has 5 rings (SSSR count). The molecule has 35 heavy (non-hydrogen) atoms. The van der Waals surface area contributed by atoms with Gasteiger partial charge in [0.05, 0.1) is 6.20 Å². The van der Waals surface area contributed by atoms with Gasteiger partial charge in [0.15, 0.2) is 5.65 Å². The largest absolute Gasteiger partial charge is 0.453 e. The Kier molecular flexibility index (Phi) is 5.89. The second kappa shape index (κ2) is 9.16. The molecule has 1 amide bonds. The summed E-state index contributed by atoms with van der Waals surface area (Å²) in [6, 6.07) is 10.00. The van der Waals surface area contributed by atoms with Gasteiger partial charge in [-0.1, -0.05) is 6.07 Å². The van der Waals surface area contributed by atoms with Gasteiger partial charge in [0.25, 0.3) is 5.82 Å². The van der Waals surface area contributed by atoms with E-state index < -0.39 is 12.0 Å². The van der Waals surface area contributed by atoms with Gasteiger partial charge in [0.2, 0.25) is 11.8 Å². The third-order valence-electron chi connectivity index (χ3n) is 5.56. The smallest absolute Gasteiger partial charge is 0.437 e. The van der Waals surface area contributed by atoms with Crippen LogP contribution in [0.1, 0.15) is 18.7 Å². The molecule has 1 N–H and O–H groups in total. The maximum absolute atomic E-state index is 13.1. The van der Waals surface area contributed by atoms with E-state index >= 15 is 0 Å². The molecule has 0 bridgehead atoms. The first-order chi connectivity index (χ1) is 16.9. The topological polar surface area (TPSA) is 110 Å². The highest BCUT2D eigenvalue weighted by molar-refractivity contribution is 5.92. The van der Waals surface area contributed by atoms with Crippen molar-refractivity contribution in [2.45, 2.75) is 19.0 Å². The standard InChI is InChI=1S/C22H19F3N8O2/c23-22(24,25)21-30-29-17-4-5-18(31-33(17)21)32-10-6-14(7-11-32)20(34)28-15-2-1-3-16(12-15)35-19-13-26-8-9-27-19/h1-5,8-9,12-14H,6-7,10-11H2,(H,28,34). The zero-order chi connectivity index (χ0) is 24.4. The zero-order valence-electron chi connectivity index (χ0n) is 18.2. The molecule has 1 fully saturated rings. The molecule has 0 unspecified atom stereocenters. The second-order valence-electron chi connectivity index (χ2n) is 7.91. The third-order valence-corrected chi connectivity index (χ3v) is 5.56. The first kappa shape index (κ1) is 22.5. The van der Waals surface area contributed by atoms with E-state index in [1.54, 1.807) is 30.3 Å². The highest BCUT2D eigenvalue weighted by Gasteiger charge is 2.38. The summed E-state index contributed by atoms with van der Waals surface area (Å²) < 4.78 is 45.8. The lowest BCUT2D eigenvalue weighted by Crippen LogP contribution is -2.38. The van der Waals surface area contributed by atoms with E-state index in [-0.39, 0.29) is 17.5 Å². The second-order valence-corrected chi connectivity index (χ2v) is 7.91. The quantitative estimate of drug-likeness (QED) is 0.458. The van der Waals surface area contributed by atoms with Crippen molar-refractivity contribution in [1.82, 2.24) is 29.8 Å². The van der Waals surface area contributed by atoms with E-state index in [0.29, 0.717) is 53.6 Å². The SMILES string of the molecule is O=C(Nc1cccc(Oc2cnccn2)c1)C1CCN(c2ccc3nnc(C(F)(F)F)n3n2)CC1. The average molecular weight is 484 g/mol. The number of halogens is 3. The Morgan fingerprint density at radius 2 is 1.91 bits per heavy atom. The van der Waals surface area contributed by atoms with Gasteiger partial charge in [-0.05, 0) is 37.1 Å². The molecule has 1 saturated heterocycles. The number of hydrogen-bond donors (Lipinski definition) is 1. The molecule has 3 aromatic heterocycles. The van der Waals surface area contributed by atoms with Crippen LogP contribution in [0.4, 0.5) is 24.7 Å². The number of amides is 1. The van der Waals surface area contributed by atoms with Crippen molar-refractivity contribution in [3.05, 3.63) is 60.8 Å². The van der Waals surface area contributed by atoms with Crippen molar-refractivity contribution in [3.63, 3.8) is 0 Å². The van der Waals surface area contributed by atoms with Gasteiger partial charge in [0, 0.05) is 43.2 Å². The lowest BCUT2D eigenvalue weighted by Gasteiger charge is -2.32. The maximum atomic E-state index is 13.1. The number of rotatable bonds is 5. The van der Waals surface area contributed by atoms with Gasteiger partial charge in [-0.3, -0.25) is 9.78 Å². The van der Waals surface area contributed by atoms with E-state index in [4.69, 9.17) is 4.74 Å². The molecule has 10 nitrogen and oxygen atoms in total. The fourth-order valence-corrected chi connectivity index (χ4v) is 3.84. The minimum absolute atomic E-state index is 0.0147. The monoisotopic (exact) mass is 484 g/mol. The summed E-state index contributed by atoms with van der Waals surface area (Å²) in [5, 5.41) is 13.7. The molecule has 1 aliphatic rings. The van der Waals surface area contributed by atoms with E-state index in [2.05, 4.69) is 30.6 Å². The van der Waals surface area contributed by atoms with E-state index in [9.17, 15) is 18.0 Å². The number of fused-ring (bicyclic) bond motifs is 1. The number of nitrogens with zero attached hydrogens (tertiary/aromatic N) is 7. The number of carbonyl (C=O) groups excluding carboxylic acids is 1. The number of piperidine rings is 1. The summed E-state index contributed by atoms with van der Waals surface area (Å²) >= 11 is 0. The Morgan fingerprint density at radius 3 is 2.66 bits per heavy atom. The summed E-state index contributed by atoms with van der Waals surface area (Å²) in [7, 11) is 0. The van der Waals surface area contributed by atoms with E-state index in [1.807, 2.05) is 4.90 Å². The minimum atomic E-state index is -4.66. The molecule has 0 saturated carbocycles. The highest BCUT2D eigenvalue weighted by Crippen LogP contribution is 2.29. The number of nitrogens with one attached hydrogen (secondary N) is 1. The van der Waals surface area contributed by atoms with E-state index in [0.717, 1.165) is 0 Å². The predicted octanol–water partition coefficient (Wildman–Crippen LogP) is 3.58. The zero-order valence-corrected chi connectivity index (χ0v) is 18.2. The Morgan fingerprint density at radius 1 is 1.09 bits per heavy atom. The molecule has 0 atom stereocenters. The first-order valence-corrected chi connectivity index (χ1v) is 10.8. The Bertz CT molecular complexity index is 1340. The number of alkyl halides is 3. The number of carbonyl (C=O) groups is 1. The van der Waals surface area contributed by atoms with Crippen molar-refractivity contribution in [3.8, 4) is 11.6 Å². The lowest BCUT2D eigenvalue weighted by atomic mass is 9.96. The molecule has 0 spiro atoms. The summed E-state index contributed by atoms with van der Waals surface area (Å²) in [5.74, 6) is -0.344. The van der Waals surface area contributed by atoms with Crippen LogP contribution in [0.2, 0.25) is 0 Å². The van der Waals surface area contributed by atoms with Crippen LogP contribution >= 0.6 is 0 Å². The highest BCUT2D eigenvalue weighted by atomic mass is 19.4. The molecule has 4 aromatic rings.